The second-order valence-electron chi connectivity index (χ2n) is 4.88. The molecule has 0 bridgehead atoms. The zero-order valence-electron chi connectivity index (χ0n) is 12.3. The summed E-state index contributed by atoms with van der Waals surface area (Å²) < 4.78 is 11.0. The number of nitrogens with two attached hydrogens (primary N) is 1. The normalized spacial score (nSPS) is 10.4. The van der Waals surface area contributed by atoms with Crippen molar-refractivity contribution in [2.75, 3.05) is 19.5 Å². The Bertz CT molecular complexity index is 353. The van der Waals surface area contributed by atoms with E-state index in [9.17, 15) is 0 Å². The molecule has 0 aliphatic heterocycles. The summed E-state index contributed by atoms with van der Waals surface area (Å²) >= 11 is 0. The highest BCUT2D eigenvalue weighted by molar-refractivity contribution is 5.51. The quantitative estimate of drug-likeness (QED) is 0.503. The zero-order valence-corrected chi connectivity index (χ0v) is 12.3. The monoisotopic (exact) mass is 265 g/mol. The van der Waals surface area contributed by atoms with E-state index in [1.807, 2.05) is 18.2 Å². The van der Waals surface area contributed by atoms with Crippen LogP contribution in [-0.4, -0.2) is 13.7 Å². The lowest BCUT2D eigenvalue weighted by Crippen LogP contribution is -2.00. The molecule has 1 aromatic rings. The Morgan fingerprint density at radius 2 is 1.63 bits per heavy atom. The van der Waals surface area contributed by atoms with Crippen molar-refractivity contribution in [1.82, 2.24) is 0 Å². The predicted octanol–water partition coefficient (Wildman–Crippen LogP) is 4.41. The molecule has 0 amide bonds. The van der Waals surface area contributed by atoms with Crippen LogP contribution in [0.25, 0.3) is 0 Å². The Labute approximate surface area is 117 Å². The van der Waals surface area contributed by atoms with E-state index in [4.69, 9.17) is 15.2 Å². The van der Waals surface area contributed by atoms with Gasteiger partial charge in [-0.15, -0.1) is 0 Å². The second kappa shape index (κ2) is 9.54. The SMILES string of the molecule is CCCCCCCCCOc1cc(N)ccc1OC. The van der Waals surface area contributed by atoms with Gasteiger partial charge in [0.25, 0.3) is 0 Å². The average Bonchev–Trinajstić information content (AvgIpc) is 2.42. The van der Waals surface area contributed by atoms with Gasteiger partial charge in [-0.25, -0.2) is 0 Å². The molecule has 0 radical (unpaired) electrons. The van der Waals surface area contributed by atoms with Crippen LogP contribution in [0.15, 0.2) is 18.2 Å². The zero-order chi connectivity index (χ0) is 13.9. The Morgan fingerprint density at radius 3 is 2.32 bits per heavy atom. The van der Waals surface area contributed by atoms with Gasteiger partial charge in [0, 0.05) is 11.8 Å². The lowest BCUT2D eigenvalue weighted by molar-refractivity contribution is 0.285. The van der Waals surface area contributed by atoms with Gasteiger partial charge < -0.3 is 15.2 Å². The summed E-state index contributed by atoms with van der Waals surface area (Å²) in [5.41, 5.74) is 6.45. The van der Waals surface area contributed by atoms with Crippen LogP contribution < -0.4 is 15.2 Å². The molecule has 0 aliphatic carbocycles. The fourth-order valence-corrected chi connectivity index (χ4v) is 2.05. The van der Waals surface area contributed by atoms with E-state index in [0.717, 1.165) is 24.5 Å². The molecular formula is C16H27NO2. The number of anilines is 1. The van der Waals surface area contributed by atoms with E-state index in [1.54, 1.807) is 7.11 Å². The van der Waals surface area contributed by atoms with Crippen molar-refractivity contribution in [1.29, 1.82) is 0 Å². The Morgan fingerprint density at radius 1 is 0.947 bits per heavy atom. The van der Waals surface area contributed by atoms with Gasteiger partial charge in [0.2, 0.25) is 0 Å². The first-order valence-corrected chi connectivity index (χ1v) is 7.34. The van der Waals surface area contributed by atoms with Crippen LogP contribution in [0.5, 0.6) is 11.5 Å². The first kappa shape index (κ1) is 15.7. The smallest absolute Gasteiger partial charge is 0.163 e. The van der Waals surface area contributed by atoms with Crippen molar-refractivity contribution < 1.29 is 9.47 Å². The van der Waals surface area contributed by atoms with Crippen LogP contribution in [0, 0.1) is 0 Å². The molecule has 3 heteroatoms. The molecule has 2 N–H and O–H groups in total. The number of ether oxygens (including phenoxy) is 2. The first-order valence-electron chi connectivity index (χ1n) is 7.34. The maximum atomic E-state index is 5.75. The van der Waals surface area contributed by atoms with E-state index in [-0.39, 0.29) is 0 Å². The van der Waals surface area contributed by atoms with Crippen LogP contribution in [0.2, 0.25) is 0 Å². The third-order valence-electron chi connectivity index (χ3n) is 3.19. The molecule has 0 heterocycles. The van der Waals surface area contributed by atoms with E-state index in [0.29, 0.717) is 5.69 Å². The lowest BCUT2D eigenvalue weighted by Gasteiger charge is -2.11. The van der Waals surface area contributed by atoms with Crippen LogP contribution in [0.3, 0.4) is 0 Å². The van der Waals surface area contributed by atoms with E-state index >= 15 is 0 Å². The lowest BCUT2D eigenvalue weighted by atomic mass is 10.1. The molecule has 108 valence electrons. The molecule has 0 unspecified atom stereocenters. The van der Waals surface area contributed by atoms with Gasteiger partial charge >= 0.3 is 0 Å². The Kier molecular flexibility index (Phi) is 7.87. The van der Waals surface area contributed by atoms with Crippen LogP contribution in [0.1, 0.15) is 51.9 Å². The van der Waals surface area contributed by atoms with Crippen molar-refractivity contribution in [3.05, 3.63) is 18.2 Å². The minimum atomic E-state index is 0.704. The molecule has 0 spiro atoms. The summed E-state index contributed by atoms with van der Waals surface area (Å²) in [6.45, 7) is 2.97. The highest BCUT2D eigenvalue weighted by Gasteiger charge is 2.04. The van der Waals surface area contributed by atoms with E-state index in [1.165, 1.54) is 38.5 Å². The fourth-order valence-electron chi connectivity index (χ4n) is 2.05. The first-order chi connectivity index (χ1) is 9.27. The molecule has 1 aromatic carbocycles. The van der Waals surface area contributed by atoms with Gasteiger partial charge in [-0.1, -0.05) is 45.4 Å². The molecule has 19 heavy (non-hydrogen) atoms. The molecule has 0 aromatic heterocycles. The Balaban J connectivity index is 2.17. The Hall–Kier alpha value is -1.38. The fraction of sp³-hybridized carbons (Fsp3) is 0.625. The summed E-state index contributed by atoms with van der Waals surface area (Å²) in [6, 6.07) is 5.48. The van der Waals surface area contributed by atoms with Crippen molar-refractivity contribution in [2.45, 2.75) is 51.9 Å². The van der Waals surface area contributed by atoms with Gasteiger partial charge in [0.1, 0.15) is 0 Å². The summed E-state index contributed by atoms with van der Waals surface area (Å²) in [6.07, 6.45) is 8.99. The third-order valence-corrected chi connectivity index (χ3v) is 3.19. The maximum absolute atomic E-state index is 5.75. The summed E-state index contributed by atoms with van der Waals surface area (Å²) in [4.78, 5) is 0. The molecule has 0 atom stereocenters. The van der Waals surface area contributed by atoms with E-state index < -0.39 is 0 Å². The predicted molar refractivity (Wildman–Crippen MR) is 80.9 cm³/mol. The van der Waals surface area contributed by atoms with Gasteiger partial charge in [-0.2, -0.15) is 0 Å². The number of nitrogen functional groups attached to an aromatic ring is 1. The number of methoxy groups -OCH3 is 1. The topological polar surface area (TPSA) is 44.5 Å². The maximum Gasteiger partial charge on any atom is 0.163 e. The van der Waals surface area contributed by atoms with Crippen molar-refractivity contribution in [3.63, 3.8) is 0 Å². The minimum Gasteiger partial charge on any atom is -0.493 e. The standard InChI is InChI=1S/C16H27NO2/c1-3-4-5-6-7-8-9-12-19-16-13-14(17)10-11-15(16)18-2/h10-11,13H,3-9,12,17H2,1-2H3. The molecule has 0 aliphatic rings. The van der Waals surface area contributed by atoms with Crippen molar-refractivity contribution in [2.24, 2.45) is 0 Å². The number of rotatable bonds is 10. The molecular weight excluding hydrogens is 238 g/mol. The number of benzene rings is 1. The van der Waals surface area contributed by atoms with Crippen LogP contribution in [0.4, 0.5) is 5.69 Å². The van der Waals surface area contributed by atoms with Crippen LogP contribution >= 0.6 is 0 Å². The molecule has 3 nitrogen and oxygen atoms in total. The van der Waals surface area contributed by atoms with Crippen molar-refractivity contribution >= 4 is 5.69 Å². The second-order valence-corrected chi connectivity index (χ2v) is 4.88. The highest BCUT2D eigenvalue weighted by Crippen LogP contribution is 2.29. The highest BCUT2D eigenvalue weighted by atomic mass is 16.5. The minimum absolute atomic E-state index is 0.704. The van der Waals surface area contributed by atoms with E-state index in [2.05, 4.69) is 6.92 Å². The molecule has 1 rings (SSSR count). The summed E-state index contributed by atoms with van der Waals surface area (Å²) in [5.74, 6) is 1.49. The molecule has 0 saturated heterocycles. The van der Waals surface area contributed by atoms with Crippen LogP contribution in [-0.2, 0) is 0 Å². The van der Waals surface area contributed by atoms with Gasteiger partial charge in [-0.3, -0.25) is 0 Å². The summed E-state index contributed by atoms with van der Waals surface area (Å²) in [7, 11) is 1.64. The molecule has 0 fully saturated rings. The largest absolute Gasteiger partial charge is 0.493 e. The molecule has 0 saturated carbocycles. The number of hydrogen-bond donors (Lipinski definition) is 1. The third kappa shape index (κ3) is 6.37. The average molecular weight is 265 g/mol. The van der Waals surface area contributed by atoms with Crippen molar-refractivity contribution in [3.8, 4) is 11.5 Å². The van der Waals surface area contributed by atoms with Gasteiger partial charge in [0.05, 0.1) is 13.7 Å². The summed E-state index contributed by atoms with van der Waals surface area (Å²) in [5, 5.41) is 0. The number of unbranched alkanes of at least 4 members (excludes halogenated alkanes) is 6. The van der Waals surface area contributed by atoms with Gasteiger partial charge in [-0.05, 0) is 18.6 Å². The number of hydrogen-bond acceptors (Lipinski definition) is 3. The van der Waals surface area contributed by atoms with Gasteiger partial charge in [0.15, 0.2) is 11.5 Å².